The zero-order valence-electron chi connectivity index (χ0n) is 12.0. The van der Waals surface area contributed by atoms with Crippen molar-refractivity contribution in [1.29, 1.82) is 0 Å². The molecule has 1 aliphatic carbocycles. The van der Waals surface area contributed by atoms with Crippen molar-refractivity contribution in [3.63, 3.8) is 0 Å². The molecule has 3 heteroatoms. The Balaban J connectivity index is 1.79. The fourth-order valence-corrected chi connectivity index (χ4v) is 3.54. The van der Waals surface area contributed by atoms with E-state index in [1.165, 1.54) is 24.0 Å². The maximum absolute atomic E-state index is 6.01. The summed E-state index contributed by atoms with van der Waals surface area (Å²) >= 11 is 9.66. The number of halogens is 2. The van der Waals surface area contributed by atoms with Gasteiger partial charge in [-0.2, -0.15) is 0 Å². The van der Waals surface area contributed by atoms with Gasteiger partial charge in [-0.25, -0.2) is 0 Å². The van der Waals surface area contributed by atoms with Crippen LogP contribution in [0.3, 0.4) is 0 Å². The third kappa shape index (κ3) is 3.68. The summed E-state index contributed by atoms with van der Waals surface area (Å²) in [4.78, 5) is 0. The molecule has 1 N–H and O–H groups in total. The van der Waals surface area contributed by atoms with Crippen molar-refractivity contribution in [2.45, 2.75) is 31.8 Å². The third-order valence-electron chi connectivity index (χ3n) is 4.12. The second-order valence-electron chi connectivity index (χ2n) is 5.78. The highest BCUT2D eigenvalue weighted by atomic mass is 79.9. The first-order valence-electron chi connectivity index (χ1n) is 7.41. The minimum Gasteiger partial charge on any atom is -0.303 e. The van der Waals surface area contributed by atoms with Gasteiger partial charge in [-0.3, -0.25) is 0 Å². The Hall–Kier alpha value is -0.830. The molecule has 110 valence electrons. The Labute approximate surface area is 139 Å². The van der Waals surface area contributed by atoms with Crippen LogP contribution in [0.2, 0.25) is 5.02 Å². The molecule has 0 amide bonds. The minimum atomic E-state index is 0.307. The molecule has 21 heavy (non-hydrogen) atoms. The average molecular weight is 365 g/mol. The van der Waals surface area contributed by atoms with Gasteiger partial charge in [0, 0.05) is 21.6 Å². The number of nitrogens with one attached hydrogen (secondary N) is 1. The second kappa shape index (κ2) is 6.51. The van der Waals surface area contributed by atoms with Gasteiger partial charge in [0.05, 0.1) is 0 Å². The zero-order valence-corrected chi connectivity index (χ0v) is 14.4. The zero-order chi connectivity index (χ0) is 14.8. The van der Waals surface area contributed by atoms with Crippen molar-refractivity contribution >= 4 is 27.5 Å². The molecule has 1 aliphatic rings. The molecule has 1 unspecified atom stereocenters. The first kappa shape index (κ1) is 15.1. The van der Waals surface area contributed by atoms with Crippen LogP contribution in [-0.2, 0) is 0 Å². The van der Waals surface area contributed by atoms with E-state index in [0.717, 1.165) is 15.4 Å². The SMILES string of the molecule is C[C@@H](NC(c1ccc(Cl)cc1)C1CC1)c1ccccc1Br. The first-order chi connectivity index (χ1) is 10.1. The molecule has 1 fully saturated rings. The number of hydrogen-bond acceptors (Lipinski definition) is 1. The lowest BCUT2D eigenvalue weighted by Gasteiger charge is -2.25. The fraction of sp³-hybridized carbons (Fsp3) is 0.333. The number of hydrogen-bond donors (Lipinski definition) is 1. The van der Waals surface area contributed by atoms with Crippen LogP contribution < -0.4 is 5.32 Å². The highest BCUT2D eigenvalue weighted by Gasteiger charge is 2.33. The number of benzene rings is 2. The van der Waals surface area contributed by atoms with Crippen LogP contribution >= 0.6 is 27.5 Å². The van der Waals surface area contributed by atoms with Crippen molar-refractivity contribution in [3.8, 4) is 0 Å². The summed E-state index contributed by atoms with van der Waals surface area (Å²) in [5.74, 6) is 0.746. The van der Waals surface area contributed by atoms with Gasteiger partial charge >= 0.3 is 0 Å². The van der Waals surface area contributed by atoms with E-state index in [-0.39, 0.29) is 0 Å². The Bertz CT molecular complexity index is 607. The molecular weight excluding hydrogens is 346 g/mol. The van der Waals surface area contributed by atoms with Crippen LogP contribution in [0.25, 0.3) is 0 Å². The highest BCUT2D eigenvalue weighted by Crippen LogP contribution is 2.42. The Morgan fingerprint density at radius 1 is 1.10 bits per heavy atom. The van der Waals surface area contributed by atoms with Gasteiger partial charge in [0.25, 0.3) is 0 Å². The summed E-state index contributed by atoms with van der Waals surface area (Å²) in [6, 6.07) is 17.4. The van der Waals surface area contributed by atoms with Gasteiger partial charge in [0.2, 0.25) is 0 Å². The maximum atomic E-state index is 6.01. The van der Waals surface area contributed by atoms with Gasteiger partial charge < -0.3 is 5.32 Å². The fourth-order valence-electron chi connectivity index (χ4n) is 2.79. The molecule has 0 spiro atoms. The topological polar surface area (TPSA) is 12.0 Å². The Morgan fingerprint density at radius 3 is 2.38 bits per heavy atom. The molecular formula is C18H19BrClN. The lowest BCUT2D eigenvalue weighted by atomic mass is 9.99. The van der Waals surface area contributed by atoms with Gasteiger partial charge in [0.15, 0.2) is 0 Å². The van der Waals surface area contributed by atoms with E-state index in [4.69, 9.17) is 11.6 Å². The van der Waals surface area contributed by atoms with Crippen LogP contribution in [-0.4, -0.2) is 0 Å². The lowest BCUT2D eigenvalue weighted by Crippen LogP contribution is -2.26. The van der Waals surface area contributed by atoms with Crippen molar-refractivity contribution in [2.24, 2.45) is 5.92 Å². The van der Waals surface area contributed by atoms with Gasteiger partial charge in [-0.1, -0.05) is 57.9 Å². The molecule has 0 heterocycles. The molecule has 0 bridgehead atoms. The number of rotatable bonds is 5. The predicted octanol–water partition coefficient (Wildman–Crippen LogP) is 5.90. The average Bonchev–Trinajstić information content (AvgIpc) is 3.31. The van der Waals surface area contributed by atoms with Crippen LogP contribution in [0.5, 0.6) is 0 Å². The minimum absolute atomic E-state index is 0.307. The normalized spacial score (nSPS) is 17.5. The van der Waals surface area contributed by atoms with Gasteiger partial charge in [-0.15, -0.1) is 0 Å². The van der Waals surface area contributed by atoms with E-state index in [0.29, 0.717) is 12.1 Å². The summed E-state index contributed by atoms with van der Waals surface area (Å²) < 4.78 is 1.16. The van der Waals surface area contributed by atoms with E-state index in [1.807, 2.05) is 12.1 Å². The Kier molecular flexibility index (Phi) is 4.68. The molecule has 1 saturated carbocycles. The molecule has 2 aromatic carbocycles. The summed E-state index contributed by atoms with van der Waals surface area (Å²) in [6.07, 6.45) is 2.62. The van der Waals surface area contributed by atoms with Crippen molar-refractivity contribution in [3.05, 3.63) is 69.2 Å². The highest BCUT2D eigenvalue weighted by molar-refractivity contribution is 9.10. The van der Waals surface area contributed by atoms with Crippen molar-refractivity contribution < 1.29 is 0 Å². The summed E-state index contributed by atoms with van der Waals surface area (Å²) in [6.45, 7) is 2.23. The lowest BCUT2D eigenvalue weighted by molar-refractivity contribution is 0.427. The molecule has 0 saturated heterocycles. The summed E-state index contributed by atoms with van der Waals surface area (Å²) in [5, 5.41) is 4.60. The van der Waals surface area contributed by atoms with Gasteiger partial charge in [-0.05, 0) is 55.0 Å². The van der Waals surface area contributed by atoms with E-state index in [1.54, 1.807) is 0 Å². The quantitative estimate of drug-likeness (QED) is 0.696. The van der Waals surface area contributed by atoms with Crippen LogP contribution in [0, 0.1) is 5.92 Å². The van der Waals surface area contributed by atoms with Crippen LogP contribution in [0.1, 0.15) is 43.0 Å². The summed E-state index contributed by atoms with van der Waals surface area (Å²) in [5.41, 5.74) is 2.64. The first-order valence-corrected chi connectivity index (χ1v) is 8.58. The second-order valence-corrected chi connectivity index (χ2v) is 7.07. The van der Waals surface area contributed by atoms with Crippen molar-refractivity contribution in [1.82, 2.24) is 5.32 Å². The molecule has 0 aromatic heterocycles. The Morgan fingerprint density at radius 2 is 1.76 bits per heavy atom. The van der Waals surface area contributed by atoms with E-state index < -0.39 is 0 Å². The van der Waals surface area contributed by atoms with E-state index >= 15 is 0 Å². The summed E-state index contributed by atoms with van der Waals surface area (Å²) in [7, 11) is 0. The maximum Gasteiger partial charge on any atom is 0.0406 e. The molecule has 0 aliphatic heterocycles. The van der Waals surface area contributed by atoms with E-state index in [2.05, 4.69) is 64.6 Å². The van der Waals surface area contributed by atoms with Crippen LogP contribution in [0.4, 0.5) is 0 Å². The smallest absolute Gasteiger partial charge is 0.0406 e. The van der Waals surface area contributed by atoms with E-state index in [9.17, 15) is 0 Å². The third-order valence-corrected chi connectivity index (χ3v) is 5.10. The predicted molar refractivity (Wildman–Crippen MR) is 92.6 cm³/mol. The van der Waals surface area contributed by atoms with Crippen LogP contribution in [0.15, 0.2) is 53.0 Å². The molecule has 2 aromatic rings. The standard InChI is InChI=1S/C18H19BrClN/c1-12(16-4-2-3-5-17(16)19)21-18(13-6-7-13)14-8-10-15(20)11-9-14/h2-5,8-13,18,21H,6-7H2,1H3/t12-,18?/m1/s1. The molecule has 3 rings (SSSR count). The largest absolute Gasteiger partial charge is 0.303 e. The molecule has 0 radical (unpaired) electrons. The van der Waals surface area contributed by atoms with Crippen molar-refractivity contribution in [2.75, 3.05) is 0 Å². The molecule has 2 atom stereocenters. The molecule has 1 nitrogen and oxygen atoms in total. The monoisotopic (exact) mass is 363 g/mol. The van der Waals surface area contributed by atoms with Gasteiger partial charge in [0.1, 0.15) is 0 Å².